The van der Waals surface area contributed by atoms with Gasteiger partial charge in [0.2, 0.25) is 0 Å². The Labute approximate surface area is 281 Å². The lowest BCUT2D eigenvalue weighted by atomic mass is 9.82. The Morgan fingerprint density at radius 1 is 0.681 bits per heavy atom. The van der Waals surface area contributed by atoms with E-state index in [1.165, 1.54) is 49.8 Å². The van der Waals surface area contributed by atoms with Gasteiger partial charge >= 0.3 is 0 Å². The topological polar surface area (TPSA) is 38.8 Å². The molecule has 1 saturated heterocycles. The predicted molar refractivity (Wildman–Crippen MR) is 195 cm³/mol. The maximum atomic E-state index is 14.0. The summed E-state index contributed by atoms with van der Waals surface area (Å²) in [6, 6.07) is 36.3. The SMILES string of the molecule is CN(C)c1ccc(C(c2ccc(N(C)C)cc2)c2ccccc2C(=O)NC2CCC(CCN3C4CCC3c3ccccc34)CC2)cc1. The van der Waals surface area contributed by atoms with E-state index in [-0.39, 0.29) is 17.9 Å². The Morgan fingerprint density at radius 3 is 1.72 bits per heavy atom. The monoisotopic (exact) mass is 626 g/mol. The number of carbonyl (C=O) groups is 1. The first-order valence-electron chi connectivity index (χ1n) is 17.7. The molecule has 2 aliphatic heterocycles. The summed E-state index contributed by atoms with van der Waals surface area (Å²) in [4.78, 5) is 21.1. The fourth-order valence-electron chi connectivity index (χ4n) is 8.59. The summed E-state index contributed by atoms with van der Waals surface area (Å²) in [5, 5.41) is 3.47. The van der Waals surface area contributed by atoms with Crippen LogP contribution in [0.2, 0.25) is 0 Å². The minimum atomic E-state index is -0.0490. The number of nitrogens with zero attached hydrogens (tertiary/aromatic N) is 3. The van der Waals surface area contributed by atoms with Crippen LogP contribution >= 0.6 is 0 Å². The van der Waals surface area contributed by atoms with Crippen LogP contribution in [0.15, 0.2) is 97.1 Å². The van der Waals surface area contributed by atoms with E-state index in [0.717, 1.165) is 41.3 Å². The third kappa shape index (κ3) is 6.43. The molecule has 244 valence electrons. The van der Waals surface area contributed by atoms with Crippen molar-refractivity contribution >= 4 is 17.3 Å². The molecule has 0 radical (unpaired) electrons. The van der Waals surface area contributed by atoms with E-state index < -0.39 is 0 Å². The molecule has 2 heterocycles. The second-order valence-corrected chi connectivity index (χ2v) is 14.4. The van der Waals surface area contributed by atoms with Gasteiger partial charge in [0, 0.05) is 69.2 Å². The van der Waals surface area contributed by atoms with Gasteiger partial charge in [-0.1, -0.05) is 66.7 Å². The smallest absolute Gasteiger partial charge is 0.251 e. The number of nitrogens with one attached hydrogen (secondary N) is 1. The standard InChI is InChI=1S/C42H50N4O/c1-44(2)33-21-15-30(16-22-33)41(31-17-23-34(24-18-31)45(3)4)37-11-7-8-12-38(37)42(47)43-32-19-13-29(14-20-32)27-28-46-39-25-26-40(46)36-10-6-5-9-35(36)39/h5-12,15-18,21-24,29,32,39-41H,13-14,19-20,25-28H2,1-4H3,(H,43,47). The third-order valence-corrected chi connectivity index (χ3v) is 11.2. The lowest BCUT2D eigenvalue weighted by Gasteiger charge is -2.31. The quantitative estimate of drug-likeness (QED) is 0.179. The second-order valence-electron chi connectivity index (χ2n) is 14.4. The highest BCUT2D eigenvalue weighted by atomic mass is 16.1. The van der Waals surface area contributed by atoms with Gasteiger partial charge in [0.1, 0.15) is 0 Å². The molecule has 0 spiro atoms. The largest absolute Gasteiger partial charge is 0.378 e. The van der Waals surface area contributed by atoms with Crippen molar-refractivity contribution in [3.05, 3.63) is 130 Å². The van der Waals surface area contributed by atoms with E-state index in [9.17, 15) is 4.79 Å². The van der Waals surface area contributed by atoms with Crippen LogP contribution in [0.25, 0.3) is 0 Å². The maximum Gasteiger partial charge on any atom is 0.251 e. The number of anilines is 2. The molecule has 4 aromatic carbocycles. The Hall–Kier alpha value is -4.09. The molecule has 2 bridgehead atoms. The first-order valence-corrected chi connectivity index (χ1v) is 17.7. The van der Waals surface area contributed by atoms with Gasteiger partial charge in [0.15, 0.2) is 0 Å². The average molecular weight is 627 g/mol. The maximum absolute atomic E-state index is 14.0. The number of hydrogen-bond donors (Lipinski definition) is 1. The molecule has 2 atom stereocenters. The minimum Gasteiger partial charge on any atom is -0.378 e. The number of amides is 1. The van der Waals surface area contributed by atoms with Gasteiger partial charge in [-0.25, -0.2) is 0 Å². The highest BCUT2D eigenvalue weighted by Gasteiger charge is 2.43. The van der Waals surface area contributed by atoms with Gasteiger partial charge in [-0.2, -0.15) is 0 Å². The molecular weight excluding hydrogens is 576 g/mol. The van der Waals surface area contributed by atoms with Gasteiger partial charge in [-0.05, 0) is 116 Å². The highest BCUT2D eigenvalue weighted by molar-refractivity contribution is 5.96. The van der Waals surface area contributed by atoms with Crippen LogP contribution in [-0.2, 0) is 0 Å². The Balaban J connectivity index is 1.03. The first kappa shape index (κ1) is 31.5. The highest BCUT2D eigenvalue weighted by Crippen LogP contribution is 2.53. The van der Waals surface area contributed by atoms with Crippen LogP contribution in [0.3, 0.4) is 0 Å². The average Bonchev–Trinajstić information content (AvgIpc) is 3.65. The fraction of sp³-hybridized carbons (Fsp3) is 0.405. The number of benzene rings is 4. The van der Waals surface area contributed by atoms with E-state index in [2.05, 4.69) is 133 Å². The van der Waals surface area contributed by atoms with Crippen molar-refractivity contribution in [1.82, 2.24) is 10.2 Å². The van der Waals surface area contributed by atoms with Gasteiger partial charge < -0.3 is 15.1 Å². The zero-order valence-electron chi connectivity index (χ0n) is 28.5. The number of rotatable bonds is 10. The van der Waals surface area contributed by atoms with Crippen molar-refractivity contribution in [3.63, 3.8) is 0 Å². The fourth-order valence-corrected chi connectivity index (χ4v) is 8.59. The number of fused-ring (bicyclic) bond motifs is 5. The van der Waals surface area contributed by atoms with E-state index in [1.54, 1.807) is 11.1 Å². The van der Waals surface area contributed by atoms with E-state index >= 15 is 0 Å². The Morgan fingerprint density at radius 2 is 1.19 bits per heavy atom. The molecule has 47 heavy (non-hydrogen) atoms. The summed E-state index contributed by atoms with van der Waals surface area (Å²) >= 11 is 0. The van der Waals surface area contributed by atoms with Crippen molar-refractivity contribution in [1.29, 1.82) is 0 Å². The summed E-state index contributed by atoms with van der Waals surface area (Å²) in [5.41, 5.74) is 9.67. The molecule has 1 N–H and O–H groups in total. The lowest BCUT2D eigenvalue weighted by molar-refractivity contribution is 0.0918. The van der Waals surface area contributed by atoms with Crippen LogP contribution in [0, 0.1) is 5.92 Å². The summed E-state index contributed by atoms with van der Waals surface area (Å²) in [6.45, 7) is 1.20. The van der Waals surface area contributed by atoms with Crippen molar-refractivity contribution < 1.29 is 4.79 Å². The summed E-state index contributed by atoms with van der Waals surface area (Å²) < 4.78 is 0. The van der Waals surface area contributed by atoms with Crippen LogP contribution in [0.5, 0.6) is 0 Å². The van der Waals surface area contributed by atoms with Crippen LogP contribution < -0.4 is 15.1 Å². The molecule has 5 nitrogen and oxygen atoms in total. The third-order valence-electron chi connectivity index (χ3n) is 11.2. The summed E-state index contributed by atoms with van der Waals surface area (Å²) in [7, 11) is 8.26. The summed E-state index contributed by atoms with van der Waals surface area (Å²) in [5.74, 6) is 0.751. The van der Waals surface area contributed by atoms with Gasteiger partial charge in [0.25, 0.3) is 5.91 Å². The van der Waals surface area contributed by atoms with E-state index in [1.807, 2.05) is 12.1 Å². The predicted octanol–water partition coefficient (Wildman–Crippen LogP) is 8.57. The Bertz CT molecular complexity index is 1590. The van der Waals surface area contributed by atoms with Crippen LogP contribution in [-0.4, -0.2) is 51.6 Å². The normalized spacial score (nSPS) is 21.9. The molecule has 1 amide bonds. The molecule has 3 aliphatic rings. The van der Waals surface area contributed by atoms with Crippen LogP contribution in [0.4, 0.5) is 11.4 Å². The van der Waals surface area contributed by atoms with Crippen molar-refractivity contribution in [3.8, 4) is 0 Å². The zero-order valence-corrected chi connectivity index (χ0v) is 28.5. The van der Waals surface area contributed by atoms with Crippen molar-refractivity contribution in [2.24, 2.45) is 5.92 Å². The van der Waals surface area contributed by atoms with Gasteiger partial charge in [0.05, 0.1) is 0 Å². The number of carbonyl (C=O) groups excluding carboxylic acids is 1. The molecule has 5 heteroatoms. The van der Waals surface area contributed by atoms with Crippen molar-refractivity contribution in [2.45, 2.75) is 69.0 Å². The molecule has 7 rings (SSSR count). The first-order chi connectivity index (χ1) is 22.9. The Kier molecular flexibility index (Phi) is 9.09. The summed E-state index contributed by atoms with van der Waals surface area (Å²) in [6.07, 6.45) is 8.41. The molecule has 4 aromatic rings. The van der Waals surface area contributed by atoms with Gasteiger partial charge in [-0.15, -0.1) is 0 Å². The van der Waals surface area contributed by atoms with Crippen molar-refractivity contribution in [2.75, 3.05) is 44.5 Å². The molecule has 1 aliphatic carbocycles. The minimum absolute atomic E-state index is 0.0490. The van der Waals surface area contributed by atoms with E-state index in [4.69, 9.17) is 0 Å². The molecule has 1 saturated carbocycles. The van der Waals surface area contributed by atoms with E-state index in [0.29, 0.717) is 12.1 Å². The van der Waals surface area contributed by atoms with Crippen LogP contribution in [0.1, 0.15) is 101 Å². The second kappa shape index (κ2) is 13.6. The molecule has 0 aromatic heterocycles. The van der Waals surface area contributed by atoms with Gasteiger partial charge in [-0.3, -0.25) is 9.69 Å². The number of hydrogen-bond acceptors (Lipinski definition) is 4. The lowest BCUT2D eigenvalue weighted by Crippen LogP contribution is -2.38. The molecule has 2 unspecified atom stereocenters. The molecular formula is C42H50N4O. The molecule has 2 fully saturated rings. The zero-order chi connectivity index (χ0) is 32.5.